The van der Waals surface area contributed by atoms with Crippen LogP contribution in [0, 0.1) is 5.82 Å². The van der Waals surface area contributed by atoms with Gasteiger partial charge in [-0.2, -0.15) is 0 Å². The highest BCUT2D eigenvalue weighted by molar-refractivity contribution is 5.61. The second kappa shape index (κ2) is 5.45. The zero-order valence-corrected chi connectivity index (χ0v) is 11.2. The van der Waals surface area contributed by atoms with Gasteiger partial charge in [-0.3, -0.25) is 0 Å². The largest absolute Gasteiger partial charge is 0.319 e. The number of benzene rings is 1. The molecule has 0 aliphatic carbocycles. The van der Waals surface area contributed by atoms with Crippen molar-refractivity contribution in [1.82, 2.24) is 9.97 Å². The Morgan fingerprint density at radius 1 is 1.00 bits per heavy atom. The highest BCUT2D eigenvalue weighted by atomic mass is 19.1. The molecule has 2 rings (SSSR count). The average molecular weight is 259 g/mol. The van der Waals surface area contributed by atoms with Gasteiger partial charge in [0.2, 0.25) is 0 Å². The Balaban J connectivity index is 2.30. The van der Waals surface area contributed by atoms with E-state index < -0.39 is 5.54 Å². The lowest BCUT2D eigenvalue weighted by molar-refractivity contribution is 0.387. The second-order valence-corrected chi connectivity index (χ2v) is 4.67. The van der Waals surface area contributed by atoms with Crippen molar-refractivity contribution in [3.05, 3.63) is 48.3 Å². The third kappa shape index (κ3) is 2.79. The van der Waals surface area contributed by atoms with Gasteiger partial charge in [0.15, 0.2) is 0 Å². The highest BCUT2D eigenvalue weighted by Crippen LogP contribution is 2.24. The monoisotopic (exact) mass is 259 g/mol. The number of nitrogens with two attached hydrogens (primary N) is 1. The molecule has 3 nitrogen and oxygen atoms in total. The first-order valence-corrected chi connectivity index (χ1v) is 6.46. The van der Waals surface area contributed by atoms with E-state index >= 15 is 0 Å². The molecule has 0 fully saturated rings. The molecule has 0 aliphatic rings. The van der Waals surface area contributed by atoms with Crippen LogP contribution in [0.1, 0.15) is 32.5 Å². The Kier molecular flexibility index (Phi) is 3.90. The summed E-state index contributed by atoms with van der Waals surface area (Å²) in [6.45, 7) is 4.06. The maximum absolute atomic E-state index is 12.9. The van der Waals surface area contributed by atoms with Gasteiger partial charge in [0.1, 0.15) is 11.6 Å². The minimum absolute atomic E-state index is 0.251. The summed E-state index contributed by atoms with van der Waals surface area (Å²) in [4.78, 5) is 8.72. The Morgan fingerprint density at radius 3 is 2.00 bits per heavy atom. The molecular weight excluding hydrogens is 241 g/mol. The third-order valence-corrected chi connectivity index (χ3v) is 3.54. The van der Waals surface area contributed by atoms with Crippen molar-refractivity contribution in [3.8, 4) is 11.1 Å². The number of hydrogen-bond donors (Lipinski definition) is 1. The van der Waals surface area contributed by atoms with Gasteiger partial charge in [0.05, 0.1) is 5.54 Å². The first-order chi connectivity index (χ1) is 9.09. The lowest BCUT2D eigenvalue weighted by Crippen LogP contribution is -2.37. The topological polar surface area (TPSA) is 51.8 Å². The van der Waals surface area contributed by atoms with Crippen molar-refractivity contribution in [1.29, 1.82) is 0 Å². The molecule has 0 spiro atoms. The number of nitrogens with zero attached hydrogens (tertiary/aromatic N) is 2. The highest BCUT2D eigenvalue weighted by Gasteiger charge is 2.25. The van der Waals surface area contributed by atoms with Crippen molar-refractivity contribution in [2.24, 2.45) is 5.73 Å². The van der Waals surface area contributed by atoms with E-state index in [1.54, 1.807) is 24.5 Å². The van der Waals surface area contributed by atoms with E-state index in [1.165, 1.54) is 12.1 Å². The molecule has 2 N–H and O–H groups in total. The summed E-state index contributed by atoms with van der Waals surface area (Å²) in [6, 6.07) is 6.27. The number of rotatable bonds is 4. The lowest BCUT2D eigenvalue weighted by Gasteiger charge is -2.24. The molecule has 0 amide bonds. The van der Waals surface area contributed by atoms with Crippen molar-refractivity contribution in [2.75, 3.05) is 0 Å². The van der Waals surface area contributed by atoms with Gasteiger partial charge in [-0.25, -0.2) is 14.4 Å². The number of halogens is 1. The van der Waals surface area contributed by atoms with Crippen LogP contribution in [0.4, 0.5) is 4.39 Å². The summed E-state index contributed by atoms with van der Waals surface area (Å²) in [5.74, 6) is 0.405. The third-order valence-electron chi connectivity index (χ3n) is 3.54. The van der Waals surface area contributed by atoms with Crippen molar-refractivity contribution < 1.29 is 4.39 Å². The molecule has 0 saturated carbocycles. The molecule has 1 aromatic carbocycles. The van der Waals surface area contributed by atoms with Gasteiger partial charge in [-0.05, 0) is 30.5 Å². The Hall–Kier alpha value is -1.81. The minimum atomic E-state index is -0.471. The summed E-state index contributed by atoms with van der Waals surface area (Å²) in [7, 11) is 0. The Morgan fingerprint density at radius 2 is 1.53 bits per heavy atom. The summed E-state index contributed by atoms with van der Waals surface area (Å²) >= 11 is 0. The van der Waals surface area contributed by atoms with Gasteiger partial charge in [-0.1, -0.05) is 26.0 Å². The van der Waals surface area contributed by atoms with Crippen LogP contribution >= 0.6 is 0 Å². The van der Waals surface area contributed by atoms with E-state index in [9.17, 15) is 4.39 Å². The maximum Gasteiger partial charge on any atom is 0.148 e. The molecule has 100 valence electrons. The van der Waals surface area contributed by atoms with Gasteiger partial charge in [0, 0.05) is 18.0 Å². The summed E-state index contributed by atoms with van der Waals surface area (Å²) in [5, 5.41) is 0. The van der Waals surface area contributed by atoms with E-state index in [0.29, 0.717) is 5.82 Å². The molecule has 4 heteroatoms. The fraction of sp³-hybridized carbons (Fsp3) is 0.333. The predicted octanol–water partition coefficient (Wildman–Crippen LogP) is 3.26. The normalized spacial score (nSPS) is 11.6. The lowest BCUT2D eigenvalue weighted by atomic mass is 9.93. The molecule has 19 heavy (non-hydrogen) atoms. The van der Waals surface area contributed by atoms with Crippen LogP contribution in [0.2, 0.25) is 0 Å². The van der Waals surface area contributed by atoms with Crippen molar-refractivity contribution in [3.63, 3.8) is 0 Å². The molecule has 1 aromatic heterocycles. The molecule has 0 atom stereocenters. The van der Waals surface area contributed by atoms with Crippen LogP contribution in [0.15, 0.2) is 36.7 Å². The van der Waals surface area contributed by atoms with Gasteiger partial charge >= 0.3 is 0 Å². The molecule has 2 aromatic rings. The van der Waals surface area contributed by atoms with E-state index in [4.69, 9.17) is 5.73 Å². The van der Waals surface area contributed by atoms with Gasteiger partial charge < -0.3 is 5.73 Å². The predicted molar refractivity (Wildman–Crippen MR) is 73.9 cm³/mol. The first-order valence-electron chi connectivity index (χ1n) is 6.46. The summed E-state index contributed by atoms with van der Waals surface area (Å²) in [6.07, 6.45) is 5.06. The van der Waals surface area contributed by atoms with Crippen LogP contribution in [0.3, 0.4) is 0 Å². The Bertz CT molecular complexity index is 530. The second-order valence-electron chi connectivity index (χ2n) is 4.67. The quantitative estimate of drug-likeness (QED) is 0.917. The maximum atomic E-state index is 12.9. The molecule has 0 unspecified atom stereocenters. The smallest absolute Gasteiger partial charge is 0.148 e. The fourth-order valence-corrected chi connectivity index (χ4v) is 1.94. The van der Waals surface area contributed by atoms with E-state index in [1.807, 2.05) is 13.8 Å². The van der Waals surface area contributed by atoms with Crippen LogP contribution in [-0.4, -0.2) is 9.97 Å². The van der Waals surface area contributed by atoms with Crippen LogP contribution < -0.4 is 5.73 Å². The molecule has 0 saturated heterocycles. The molecule has 0 bridgehead atoms. The van der Waals surface area contributed by atoms with Gasteiger partial charge in [0.25, 0.3) is 0 Å². The van der Waals surface area contributed by atoms with Crippen molar-refractivity contribution in [2.45, 2.75) is 32.2 Å². The average Bonchev–Trinajstić information content (AvgIpc) is 2.47. The van der Waals surface area contributed by atoms with Gasteiger partial charge in [-0.15, -0.1) is 0 Å². The summed E-state index contributed by atoms with van der Waals surface area (Å²) < 4.78 is 12.9. The zero-order valence-electron chi connectivity index (χ0n) is 11.2. The van der Waals surface area contributed by atoms with E-state index in [0.717, 1.165) is 24.0 Å². The van der Waals surface area contributed by atoms with Crippen LogP contribution in [-0.2, 0) is 5.54 Å². The number of hydrogen-bond acceptors (Lipinski definition) is 3. The zero-order chi connectivity index (χ0) is 13.9. The summed E-state index contributed by atoms with van der Waals surface area (Å²) in [5.41, 5.74) is 7.53. The number of aromatic nitrogens is 2. The SMILES string of the molecule is CCC(N)(CC)c1ncc(-c2ccc(F)cc2)cn1. The fourth-order valence-electron chi connectivity index (χ4n) is 1.94. The van der Waals surface area contributed by atoms with Crippen LogP contribution in [0.5, 0.6) is 0 Å². The van der Waals surface area contributed by atoms with Crippen LogP contribution in [0.25, 0.3) is 11.1 Å². The minimum Gasteiger partial charge on any atom is -0.319 e. The molecule has 1 heterocycles. The Labute approximate surface area is 112 Å². The molecule has 0 aliphatic heterocycles. The molecular formula is C15H18FN3. The standard InChI is InChI=1S/C15H18FN3/c1-3-15(17,4-2)14-18-9-12(10-19-14)11-5-7-13(16)8-6-11/h5-10H,3-4,17H2,1-2H3. The van der Waals surface area contributed by atoms with E-state index in [-0.39, 0.29) is 5.82 Å². The van der Waals surface area contributed by atoms with Crippen molar-refractivity contribution >= 4 is 0 Å². The van der Waals surface area contributed by atoms with E-state index in [2.05, 4.69) is 9.97 Å². The first kappa shape index (κ1) is 13.6. The molecule has 0 radical (unpaired) electrons.